The fourth-order valence-electron chi connectivity index (χ4n) is 2.78. The Labute approximate surface area is 86.5 Å². The molecule has 1 heterocycles. The van der Waals surface area contributed by atoms with Crippen molar-refractivity contribution in [3.8, 4) is 0 Å². The Morgan fingerprint density at radius 1 is 1.07 bits per heavy atom. The number of ketones is 1. The number of carbonyl (C=O) groups is 1. The highest BCUT2D eigenvalue weighted by Crippen LogP contribution is 2.27. The monoisotopic (exact) mass is 195 g/mol. The van der Waals surface area contributed by atoms with Crippen molar-refractivity contribution in [2.75, 3.05) is 6.54 Å². The smallest absolute Gasteiger partial charge is 0.150 e. The fourth-order valence-corrected chi connectivity index (χ4v) is 2.78. The first-order valence-corrected chi connectivity index (χ1v) is 6.12. The summed E-state index contributed by atoms with van der Waals surface area (Å²) in [7, 11) is 0. The van der Waals surface area contributed by atoms with Gasteiger partial charge in [0.25, 0.3) is 0 Å². The zero-order chi connectivity index (χ0) is 9.80. The van der Waals surface area contributed by atoms with Crippen LogP contribution in [0.5, 0.6) is 0 Å². The SMILES string of the molecule is O=C(CC1CCCCC1)[C@@H]1CCCN1. The van der Waals surface area contributed by atoms with Gasteiger partial charge in [-0.2, -0.15) is 0 Å². The van der Waals surface area contributed by atoms with Gasteiger partial charge in [0.1, 0.15) is 5.78 Å². The van der Waals surface area contributed by atoms with Gasteiger partial charge in [-0.25, -0.2) is 0 Å². The molecule has 1 saturated heterocycles. The van der Waals surface area contributed by atoms with Crippen LogP contribution in [-0.2, 0) is 4.79 Å². The number of hydrogen-bond donors (Lipinski definition) is 1. The van der Waals surface area contributed by atoms with E-state index in [1.54, 1.807) is 0 Å². The summed E-state index contributed by atoms with van der Waals surface area (Å²) in [5.41, 5.74) is 0. The van der Waals surface area contributed by atoms with Crippen molar-refractivity contribution in [3.63, 3.8) is 0 Å². The first-order chi connectivity index (χ1) is 6.86. The van der Waals surface area contributed by atoms with E-state index in [1.807, 2.05) is 0 Å². The molecule has 0 aromatic rings. The number of hydrogen-bond acceptors (Lipinski definition) is 2. The summed E-state index contributed by atoms with van der Waals surface area (Å²) in [4.78, 5) is 11.9. The molecule has 0 aromatic heterocycles. The minimum absolute atomic E-state index is 0.205. The van der Waals surface area contributed by atoms with Crippen LogP contribution < -0.4 is 5.32 Å². The van der Waals surface area contributed by atoms with E-state index < -0.39 is 0 Å². The van der Waals surface area contributed by atoms with E-state index in [-0.39, 0.29) is 6.04 Å². The van der Waals surface area contributed by atoms with E-state index in [1.165, 1.54) is 38.5 Å². The standard InChI is InChI=1S/C12H21NO/c14-12(11-7-4-8-13-11)9-10-5-2-1-3-6-10/h10-11,13H,1-9H2/t11-/m0/s1. The van der Waals surface area contributed by atoms with Gasteiger partial charge in [-0.3, -0.25) is 4.79 Å². The van der Waals surface area contributed by atoms with Crippen molar-refractivity contribution >= 4 is 5.78 Å². The normalized spacial score (nSPS) is 29.3. The van der Waals surface area contributed by atoms with E-state index in [9.17, 15) is 4.79 Å². The molecule has 2 fully saturated rings. The predicted octanol–water partition coefficient (Wildman–Crippen LogP) is 2.28. The lowest BCUT2D eigenvalue weighted by molar-refractivity contribution is -0.121. The summed E-state index contributed by atoms with van der Waals surface area (Å²) < 4.78 is 0. The van der Waals surface area contributed by atoms with Crippen molar-refractivity contribution in [2.45, 2.75) is 57.4 Å². The lowest BCUT2D eigenvalue weighted by Crippen LogP contribution is -2.32. The first kappa shape index (κ1) is 10.2. The number of nitrogens with one attached hydrogen (secondary N) is 1. The molecule has 2 nitrogen and oxygen atoms in total. The molecule has 2 heteroatoms. The molecule has 0 aromatic carbocycles. The molecular formula is C12H21NO. The second-order valence-corrected chi connectivity index (χ2v) is 4.82. The Bertz CT molecular complexity index is 190. The van der Waals surface area contributed by atoms with E-state index in [4.69, 9.17) is 0 Å². The van der Waals surface area contributed by atoms with Gasteiger partial charge < -0.3 is 5.32 Å². The zero-order valence-corrected chi connectivity index (χ0v) is 8.93. The lowest BCUT2D eigenvalue weighted by atomic mass is 9.84. The van der Waals surface area contributed by atoms with Crippen molar-refractivity contribution in [3.05, 3.63) is 0 Å². The molecule has 2 aliphatic rings. The molecule has 80 valence electrons. The maximum atomic E-state index is 11.9. The van der Waals surface area contributed by atoms with Gasteiger partial charge in [0.2, 0.25) is 0 Å². The molecule has 1 atom stereocenters. The van der Waals surface area contributed by atoms with Gasteiger partial charge in [-0.1, -0.05) is 32.1 Å². The third kappa shape index (κ3) is 2.57. The summed E-state index contributed by atoms with van der Waals surface area (Å²) in [6.45, 7) is 1.04. The van der Waals surface area contributed by atoms with Crippen LogP contribution in [-0.4, -0.2) is 18.4 Å². The van der Waals surface area contributed by atoms with E-state index in [0.717, 1.165) is 19.4 Å². The second kappa shape index (κ2) is 4.92. The molecule has 1 saturated carbocycles. The van der Waals surface area contributed by atoms with Gasteiger partial charge in [-0.15, -0.1) is 0 Å². The lowest BCUT2D eigenvalue weighted by Gasteiger charge is -2.22. The number of carbonyl (C=O) groups excluding carboxylic acids is 1. The second-order valence-electron chi connectivity index (χ2n) is 4.82. The molecule has 1 aliphatic heterocycles. The highest BCUT2D eigenvalue weighted by atomic mass is 16.1. The topological polar surface area (TPSA) is 29.1 Å². The largest absolute Gasteiger partial charge is 0.307 e. The van der Waals surface area contributed by atoms with Crippen LogP contribution in [0.25, 0.3) is 0 Å². The van der Waals surface area contributed by atoms with Crippen LogP contribution in [0, 0.1) is 5.92 Å². The molecule has 1 N–H and O–H groups in total. The van der Waals surface area contributed by atoms with Crippen LogP contribution in [0.1, 0.15) is 51.4 Å². The van der Waals surface area contributed by atoms with Crippen LogP contribution in [0.4, 0.5) is 0 Å². The Kier molecular flexibility index (Phi) is 3.57. The van der Waals surface area contributed by atoms with E-state index in [0.29, 0.717) is 11.7 Å². The number of Topliss-reactive ketones (excluding diaryl/α,β-unsaturated/α-hetero) is 1. The quantitative estimate of drug-likeness (QED) is 0.748. The van der Waals surface area contributed by atoms with Gasteiger partial charge in [-0.05, 0) is 25.3 Å². The van der Waals surface area contributed by atoms with Crippen molar-refractivity contribution in [2.24, 2.45) is 5.92 Å². The predicted molar refractivity (Wildman–Crippen MR) is 57.2 cm³/mol. The van der Waals surface area contributed by atoms with Crippen molar-refractivity contribution in [1.29, 1.82) is 0 Å². The van der Waals surface area contributed by atoms with E-state index in [2.05, 4.69) is 5.32 Å². The Hall–Kier alpha value is -0.370. The first-order valence-electron chi connectivity index (χ1n) is 6.12. The molecule has 0 spiro atoms. The van der Waals surface area contributed by atoms with Crippen molar-refractivity contribution in [1.82, 2.24) is 5.32 Å². The summed E-state index contributed by atoms with van der Waals surface area (Å²) in [6, 6.07) is 0.205. The van der Waals surface area contributed by atoms with Gasteiger partial charge >= 0.3 is 0 Å². The summed E-state index contributed by atoms with van der Waals surface area (Å²) >= 11 is 0. The van der Waals surface area contributed by atoms with Crippen LogP contribution in [0.15, 0.2) is 0 Å². The minimum atomic E-state index is 0.205. The van der Waals surface area contributed by atoms with Gasteiger partial charge in [0.05, 0.1) is 6.04 Å². The molecule has 0 unspecified atom stereocenters. The minimum Gasteiger partial charge on any atom is -0.307 e. The van der Waals surface area contributed by atoms with Gasteiger partial charge in [0, 0.05) is 6.42 Å². The molecule has 14 heavy (non-hydrogen) atoms. The summed E-state index contributed by atoms with van der Waals surface area (Å²) in [5.74, 6) is 1.19. The third-order valence-electron chi connectivity index (χ3n) is 3.66. The van der Waals surface area contributed by atoms with Crippen molar-refractivity contribution < 1.29 is 4.79 Å². The van der Waals surface area contributed by atoms with Gasteiger partial charge in [0.15, 0.2) is 0 Å². The zero-order valence-electron chi connectivity index (χ0n) is 8.93. The third-order valence-corrected chi connectivity index (χ3v) is 3.66. The Morgan fingerprint density at radius 3 is 2.50 bits per heavy atom. The molecule has 0 radical (unpaired) electrons. The Morgan fingerprint density at radius 2 is 1.86 bits per heavy atom. The highest BCUT2D eigenvalue weighted by Gasteiger charge is 2.25. The average Bonchev–Trinajstić information content (AvgIpc) is 2.72. The fraction of sp³-hybridized carbons (Fsp3) is 0.917. The van der Waals surface area contributed by atoms with Crippen LogP contribution in [0.3, 0.4) is 0 Å². The van der Waals surface area contributed by atoms with Crippen LogP contribution >= 0.6 is 0 Å². The summed E-state index contributed by atoms with van der Waals surface area (Å²) in [5, 5.41) is 3.30. The summed E-state index contributed by atoms with van der Waals surface area (Å²) in [6.07, 6.45) is 9.75. The Balaban J connectivity index is 1.75. The maximum Gasteiger partial charge on any atom is 0.150 e. The molecule has 0 amide bonds. The highest BCUT2D eigenvalue weighted by molar-refractivity contribution is 5.84. The number of rotatable bonds is 3. The molecular weight excluding hydrogens is 174 g/mol. The molecule has 0 bridgehead atoms. The maximum absolute atomic E-state index is 11.9. The van der Waals surface area contributed by atoms with E-state index >= 15 is 0 Å². The van der Waals surface area contributed by atoms with Crippen LogP contribution in [0.2, 0.25) is 0 Å². The average molecular weight is 195 g/mol. The molecule has 1 aliphatic carbocycles. The molecule has 2 rings (SSSR count).